The Labute approximate surface area is 166 Å². The first-order valence-corrected chi connectivity index (χ1v) is 10.4. The van der Waals surface area contributed by atoms with E-state index in [1.54, 1.807) is 48.5 Å². The van der Waals surface area contributed by atoms with Crippen molar-refractivity contribution in [3.63, 3.8) is 0 Å². The van der Waals surface area contributed by atoms with Gasteiger partial charge in [0, 0.05) is 16.6 Å². The number of carboxylic acids is 1. The van der Waals surface area contributed by atoms with E-state index in [0.717, 1.165) is 6.26 Å². The van der Waals surface area contributed by atoms with E-state index in [-0.39, 0.29) is 6.42 Å². The lowest BCUT2D eigenvalue weighted by atomic mass is 9.86. The zero-order valence-electron chi connectivity index (χ0n) is 14.8. The first-order chi connectivity index (χ1) is 13.2. The fourth-order valence-corrected chi connectivity index (χ4v) is 3.96. The summed E-state index contributed by atoms with van der Waals surface area (Å²) in [5, 5.41) is 20.5. The van der Waals surface area contributed by atoms with Gasteiger partial charge in [-0.1, -0.05) is 29.8 Å². The summed E-state index contributed by atoms with van der Waals surface area (Å²) in [6.07, 6.45) is 2.24. The molecule has 3 aromatic rings. The van der Waals surface area contributed by atoms with Crippen molar-refractivity contribution in [3.8, 4) is 6.07 Å². The molecule has 0 radical (unpaired) electrons. The molecule has 3 rings (SSSR count). The zero-order chi connectivity index (χ0) is 20.5. The monoisotopic (exact) mass is 417 g/mol. The largest absolute Gasteiger partial charge is 0.479 e. The van der Waals surface area contributed by atoms with Crippen molar-refractivity contribution in [3.05, 3.63) is 65.3 Å². The van der Waals surface area contributed by atoms with Gasteiger partial charge in [-0.3, -0.25) is 4.72 Å². The number of fused-ring (bicyclic) bond motifs is 1. The summed E-state index contributed by atoms with van der Waals surface area (Å²) in [5.41, 5.74) is -0.526. The Morgan fingerprint density at radius 3 is 2.50 bits per heavy atom. The van der Waals surface area contributed by atoms with Gasteiger partial charge in [-0.2, -0.15) is 5.26 Å². The topological polar surface area (TPSA) is 112 Å². The van der Waals surface area contributed by atoms with Crippen LogP contribution in [-0.2, 0) is 20.4 Å². The standard InChI is InChI=1S/C19H16ClN3O4S/c1-28(26,27)22-16-3-2-4-17-15(16)9-12-23(17)19(10-11-21,18(24)25)13-5-7-14(20)8-6-13/h2-9,12,22H,10H2,1H3,(H,24,25). The van der Waals surface area contributed by atoms with Crippen LogP contribution in [0.15, 0.2) is 54.7 Å². The normalized spacial score (nSPS) is 13.6. The van der Waals surface area contributed by atoms with Crippen LogP contribution in [-0.4, -0.2) is 30.3 Å². The molecular weight excluding hydrogens is 402 g/mol. The highest BCUT2D eigenvalue weighted by Crippen LogP contribution is 2.37. The van der Waals surface area contributed by atoms with E-state index in [0.29, 0.717) is 27.2 Å². The number of rotatable bonds is 6. The van der Waals surface area contributed by atoms with E-state index >= 15 is 0 Å². The summed E-state index contributed by atoms with van der Waals surface area (Å²) in [5.74, 6) is -1.21. The Bertz CT molecular complexity index is 1200. The number of nitrogens with zero attached hydrogens (tertiary/aromatic N) is 2. The molecular formula is C19H16ClN3O4S. The van der Waals surface area contributed by atoms with Crippen molar-refractivity contribution >= 4 is 44.2 Å². The van der Waals surface area contributed by atoms with Crippen molar-refractivity contribution in [1.29, 1.82) is 5.26 Å². The zero-order valence-corrected chi connectivity index (χ0v) is 16.3. The van der Waals surface area contributed by atoms with Crippen molar-refractivity contribution in [2.45, 2.75) is 12.0 Å². The van der Waals surface area contributed by atoms with Gasteiger partial charge < -0.3 is 9.67 Å². The smallest absolute Gasteiger partial charge is 0.335 e. The number of sulfonamides is 1. The molecule has 0 aliphatic heterocycles. The molecule has 1 heterocycles. The molecule has 0 amide bonds. The highest BCUT2D eigenvalue weighted by molar-refractivity contribution is 7.92. The highest BCUT2D eigenvalue weighted by atomic mass is 35.5. The van der Waals surface area contributed by atoms with Crippen LogP contribution in [0.2, 0.25) is 5.02 Å². The summed E-state index contributed by atoms with van der Waals surface area (Å²) in [6, 6.07) is 14.7. The van der Waals surface area contributed by atoms with Gasteiger partial charge in [0.05, 0.1) is 29.9 Å². The number of nitriles is 1. The molecule has 1 unspecified atom stereocenters. The summed E-state index contributed by atoms with van der Waals surface area (Å²) < 4.78 is 27.2. The number of nitrogens with one attached hydrogen (secondary N) is 1. The molecule has 1 aromatic heterocycles. The Balaban J connectivity index is 2.31. The van der Waals surface area contributed by atoms with Crippen molar-refractivity contribution in [2.75, 3.05) is 11.0 Å². The first kappa shape index (κ1) is 19.7. The van der Waals surface area contributed by atoms with E-state index in [4.69, 9.17) is 11.6 Å². The highest BCUT2D eigenvalue weighted by Gasteiger charge is 2.43. The number of halogens is 1. The van der Waals surface area contributed by atoms with Gasteiger partial charge in [-0.25, -0.2) is 13.2 Å². The fourth-order valence-electron chi connectivity index (χ4n) is 3.26. The maximum absolute atomic E-state index is 12.4. The lowest BCUT2D eigenvalue weighted by molar-refractivity contribution is -0.144. The van der Waals surface area contributed by atoms with Crippen molar-refractivity contribution in [1.82, 2.24) is 4.57 Å². The maximum atomic E-state index is 12.4. The second kappa shape index (κ2) is 7.19. The quantitative estimate of drug-likeness (QED) is 0.638. The lowest BCUT2D eigenvalue weighted by Crippen LogP contribution is -2.42. The summed E-state index contributed by atoms with van der Waals surface area (Å²) >= 11 is 5.94. The fraction of sp³-hybridized carbons (Fsp3) is 0.158. The Morgan fingerprint density at radius 2 is 1.93 bits per heavy atom. The van der Waals surface area contributed by atoms with E-state index < -0.39 is 21.5 Å². The summed E-state index contributed by atoms with van der Waals surface area (Å²) in [4.78, 5) is 12.4. The van der Waals surface area contributed by atoms with Gasteiger partial charge in [0.15, 0.2) is 5.54 Å². The molecule has 2 N–H and O–H groups in total. The van der Waals surface area contributed by atoms with Crippen LogP contribution in [0.4, 0.5) is 5.69 Å². The van der Waals surface area contributed by atoms with E-state index in [2.05, 4.69) is 4.72 Å². The summed E-state index contributed by atoms with van der Waals surface area (Å²) in [6.45, 7) is 0. The molecule has 0 aliphatic carbocycles. The average molecular weight is 418 g/mol. The van der Waals surface area contributed by atoms with Gasteiger partial charge in [-0.05, 0) is 35.9 Å². The van der Waals surface area contributed by atoms with Crippen LogP contribution in [0.3, 0.4) is 0 Å². The molecule has 0 spiro atoms. The predicted molar refractivity (Wildman–Crippen MR) is 107 cm³/mol. The van der Waals surface area contributed by atoms with Gasteiger partial charge >= 0.3 is 5.97 Å². The molecule has 7 nitrogen and oxygen atoms in total. The van der Waals surface area contributed by atoms with E-state index in [9.17, 15) is 23.6 Å². The van der Waals surface area contributed by atoms with E-state index in [1.165, 1.54) is 10.8 Å². The SMILES string of the molecule is CS(=O)(=O)Nc1cccc2c1ccn2C(CC#N)(C(=O)O)c1ccc(Cl)cc1. The molecule has 2 aromatic carbocycles. The summed E-state index contributed by atoms with van der Waals surface area (Å²) in [7, 11) is -3.52. The molecule has 0 fully saturated rings. The third-order valence-corrected chi connectivity index (χ3v) is 5.29. The van der Waals surface area contributed by atoms with Crippen LogP contribution in [0, 0.1) is 11.3 Å². The number of benzene rings is 2. The van der Waals surface area contributed by atoms with Crippen LogP contribution in [0.25, 0.3) is 10.9 Å². The number of hydrogen-bond donors (Lipinski definition) is 2. The first-order valence-electron chi connectivity index (χ1n) is 8.14. The number of carboxylic acid groups (broad SMARTS) is 1. The third-order valence-electron chi connectivity index (χ3n) is 4.45. The molecule has 144 valence electrons. The Morgan fingerprint density at radius 1 is 1.25 bits per heavy atom. The molecule has 0 bridgehead atoms. The minimum atomic E-state index is -3.52. The van der Waals surface area contributed by atoms with Crippen LogP contribution >= 0.6 is 11.6 Å². The van der Waals surface area contributed by atoms with E-state index in [1.807, 2.05) is 6.07 Å². The molecule has 1 atom stereocenters. The molecule has 28 heavy (non-hydrogen) atoms. The van der Waals surface area contributed by atoms with Gasteiger partial charge in [-0.15, -0.1) is 0 Å². The molecule has 0 aliphatic rings. The number of anilines is 1. The lowest BCUT2D eigenvalue weighted by Gasteiger charge is -2.30. The van der Waals surface area contributed by atoms with Crippen LogP contribution < -0.4 is 4.72 Å². The van der Waals surface area contributed by atoms with Crippen LogP contribution in [0.1, 0.15) is 12.0 Å². The van der Waals surface area contributed by atoms with Crippen molar-refractivity contribution in [2.24, 2.45) is 0 Å². The minimum absolute atomic E-state index is 0.325. The third kappa shape index (κ3) is 3.42. The number of aromatic nitrogens is 1. The van der Waals surface area contributed by atoms with Gasteiger partial charge in [0.25, 0.3) is 0 Å². The van der Waals surface area contributed by atoms with Gasteiger partial charge in [0.1, 0.15) is 0 Å². The Hall–Kier alpha value is -3.02. The predicted octanol–water partition coefficient (Wildman–Crippen LogP) is 3.41. The molecule has 0 saturated heterocycles. The average Bonchev–Trinajstić information content (AvgIpc) is 3.04. The number of carbonyl (C=O) groups is 1. The van der Waals surface area contributed by atoms with Crippen LogP contribution in [0.5, 0.6) is 0 Å². The van der Waals surface area contributed by atoms with Gasteiger partial charge in [0.2, 0.25) is 10.0 Å². The number of hydrogen-bond acceptors (Lipinski definition) is 4. The molecule has 0 saturated carbocycles. The number of aliphatic carboxylic acids is 1. The minimum Gasteiger partial charge on any atom is -0.479 e. The maximum Gasteiger partial charge on any atom is 0.335 e. The van der Waals surface area contributed by atoms with Crippen molar-refractivity contribution < 1.29 is 18.3 Å². The second-order valence-corrected chi connectivity index (χ2v) is 8.49. The Kier molecular flexibility index (Phi) is 5.06. The molecule has 9 heteroatoms. The second-order valence-electron chi connectivity index (χ2n) is 6.31.